The van der Waals surface area contributed by atoms with Crippen molar-refractivity contribution in [1.82, 2.24) is 4.98 Å². The van der Waals surface area contributed by atoms with Crippen LogP contribution in [0.4, 0.5) is 19.6 Å². The quantitative estimate of drug-likeness (QED) is 0.719. The number of carbonyl (C=O) groups is 2. The fraction of sp³-hybridized carbons (Fsp3) is 0.150. The molecule has 0 radical (unpaired) electrons. The molecule has 1 N–H and O–H groups in total. The Hall–Kier alpha value is -3.13. The van der Waals surface area contributed by atoms with Crippen molar-refractivity contribution in [2.75, 3.05) is 16.8 Å². The van der Waals surface area contributed by atoms with Crippen LogP contribution in [-0.2, 0) is 9.59 Å². The second kappa shape index (κ2) is 7.47. The van der Waals surface area contributed by atoms with E-state index in [1.54, 1.807) is 29.6 Å². The summed E-state index contributed by atoms with van der Waals surface area (Å²) in [6.45, 7) is 0.113. The van der Waals surface area contributed by atoms with Crippen molar-refractivity contribution in [3.05, 3.63) is 65.5 Å². The lowest BCUT2D eigenvalue weighted by Crippen LogP contribution is -2.28. The predicted octanol–water partition coefficient (Wildman–Crippen LogP) is 4.08. The maximum Gasteiger partial charge on any atom is 0.231 e. The van der Waals surface area contributed by atoms with E-state index in [9.17, 15) is 18.4 Å². The molecule has 8 heteroatoms. The van der Waals surface area contributed by atoms with E-state index in [4.69, 9.17) is 0 Å². The number of nitrogens with zero attached hydrogens (tertiary/aromatic N) is 2. The third-order valence-electron chi connectivity index (χ3n) is 4.51. The van der Waals surface area contributed by atoms with Crippen molar-refractivity contribution in [3.63, 3.8) is 0 Å². The van der Waals surface area contributed by atoms with Crippen molar-refractivity contribution in [3.8, 4) is 11.3 Å². The molecule has 0 spiro atoms. The molecule has 4 rings (SSSR count). The number of benzene rings is 2. The number of para-hydroxylation sites is 1. The molecular formula is C20H15F2N3O2S. The van der Waals surface area contributed by atoms with Crippen LogP contribution in [0.3, 0.4) is 0 Å². The number of hydrogen-bond donors (Lipinski definition) is 1. The summed E-state index contributed by atoms with van der Waals surface area (Å²) in [5.41, 5.74) is 1.53. The first kappa shape index (κ1) is 18.2. The third-order valence-corrected chi connectivity index (χ3v) is 5.27. The van der Waals surface area contributed by atoms with E-state index in [2.05, 4.69) is 10.3 Å². The fourth-order valence-corrected chi connectivity index (χ4v) is 3.80. The number of amides is 2. The van der Waals surface area contributed by atoms with Gasteiger partial charge >= 0.3 is 0 Å². The lowest BCUT2D eigenvalue weighted by molar-refractivity contribution is -0.122. The predicted molar refractivity (Wildman–Crippen MR) is 103 cm³/mol. The van der Waals surface area contributed by atoms with Crippen molar-refractivity contribution in [2.45, 2.75) is 6.42 Å². The van der Waals surface area contributed by atoms with Crippen LogP contribution in [0.2, 0.25) is 0 Å². The fourth-order valence-electron chi connectivity index (χ4n) is 3.08. The molecule has 0 saturated carbocycles. The SMILES string of the molecule is O=C(Nc1nc(-c2ccc(F)cc2)cs1)C1CC(=O)N(c2ccccc2F)C1. The van der Waals surface area contributed by atoms with Gasteiger partial charge in [0.05, 0.1) is 17.3 Å². The first-order valence-electron chi connectivity index (χ1n) is 8.58. The summed E-state index contributed by atoms with van der Waals surface area (Å²) in [6.07, 6.45) is 0.0103. The van der Waals surface area contributed by atoms with Crippen molar-refractivity contribution < 1.29 is 18.4 Å². The highest BCUT2D eigenvalue weighted by molar-refractivity contribution is 7.14. The summed E-state index contributed by atoms with van der Waals surface area (Å²) in [5, 5.41) is 4.86. The molecule has 1 aromatic heterocycles. The molecule has 1 atom stereocenters. The molecular weight excluding hydrogens is 384 g/mol. The average Bonchev–Trinajstić information content (AvgIpc) is 3.30. The summed E-state index contributed by atoms with van der Waals surface area (Å²) in [6, 6.07) is 11.9. The second-order valence-electron chi connectivity index (χ2n) is 6.39. The monoisotopic (exact) mass is 399 g/mol. The molecule has 0 aliphatic carbocycles. The number of anilines is 2. The molecule has 2 heterocycles. The number of aromatic nitrogens is 1. The van der Waals surface area contributed by atoms with Gasteiger partial charge in [0.25, 0.3) is 0 Å². The van der Waals surface area contributed by atoms with Crippen LogP contribution in [0, 0.1) is 17.6 Å². The Morgan fingerprint density at radius 1 is 1.14 bits per heavy atom. The maximum atomic E-state index is 14.0. The Morgan fingerprint density at radius 3 is 2.64 bits per heavy atom. The highest BCUT2D eigenvalue weighted by Gasteiger charge is 2.36. The molecule has 2 aromatic carbocycles. The van der Waals surface area contributed by atoms with E-state index in [0.29, 0.717) is 10.8 Å². The van der Waals surface area contributed by atoms with Gasteiger partial charge in [-0.1, -0.05) is 12.1 Å². The lowest BCUT2D eigenvalue weighted by atomic mass is 10.1. The molecule has 0 bridgehead atoms. The van der Waals surface area contributed by atoms with Gasteiger partial charge in [0.1, 0.15) is 11.6 Å². The first-order chi connectivity index (χ1) is 13.5. The number of hydrogen-bond acceptors (Lipinski definition) is 4. The van der Waals surface area contributed by atoms with Gasteiger partial charge in [0, 0.05) is 23.9 Å². The normalized spacial score (nSPS) is 16.4. The van der Waals surface area contributed by atoms with Crippen molar-refractivity contribution in [1.29, 1.82) is 0 Å². The molecule has 5 nitrogen and oxygen atoms in total. The Bertz CT molecular complexity index is 1040. The number of nitrogens with one attached hydrogen (secondary N) is 1. The molecule has 2 amide bonds. The van der Waals surface area contributed by atoms with Gasteiger partial charge in [0.2, 0.25) is 11.8 Å². The van der Waals surface area contributed by atoms with E-state index in [1.807, 2.05) is 0 Å². The number of halogens is 2. The molecule has 142 valence electrons. The standard InChI is InChI=1S/C20H15F2N3O2S/c21-14-7-5-12(6-8-14)16-11-28-20(23-16)24-19(27)13-9-18(26)25(10-13)17-4-2-1-3-15(17)22/h1-8,11,13H,9-10H2,(H,23,24,27). The minimum absolute atomic E-state index is 0.0103. The zero-order chi connectivity index (χ0) is 19.7. The second-order valence-corrected chi connectivity index (χ2v) is 7.25. The molecule has 1 aliphatic heterocycles. The van der Waals surface area contributed by atoms with E-state index in [1.165, 1.54) is 40.5 Å². The highest BCUT2D eigenvalue weighted by Crippen LogP contribution is 2.29. The third kappa shape index (κ3) is 3.63. The van der Waals surface area contributed by atoms with Crippen LogP contribution >= 0.6 is 11.3 Å². The Balaban J connectivity index is 1.44. The molecule has 1 fully saturated rings. The minimum atomic E-state index is -0.592. The lowest BCUT2D eigenvalue weighted by Gasteiger charge is -2.17. The molecule has 1 saturated heterocycles. The van der Waals surface area contributed by atoms with Crippen molar-refractivity contribution >= 4 is 34.0 Å². The zero-order valence-corrected chi connectivity index (χ0v) is 15.4. The molecule has 1 aliphatic rings. The van der Waals surface area contributed by atoms with Gasteiger partial charge < -0.3 is 10.2 Å². The van der Waals surface area contributed by atoms with Gasteiger partial charge in [-0.2, -0.15) is 0 Å². The van der Waals surface area contributed by atoms with E-state index in [0.717, 1.165) is 5.56 Å². The summed E-state index contributed by atoms with van der Waals surface area (Å²) < 4.78 is 27.0. The smallest absolute Gasteiger partial charge is 0.231 e. The maximum absolute atomic E-state index is 14.0. The van der Waals surface area contributed by atoms with E-state index in [-0.39, 0.29) is 36.3 Å². The average molecular weight is 399 g/mol. The van der Waals surface area contributed by atoms with Gasteiger partial charge in [-0.3, -0.25) is 9.59 Å². The highest BCUT2D eigenvalue weighted by atomic mass is 32.1. The number of rotatable bonds is 4. The van der Waals surface area contributed by atoms with E-state index >= 15 is 0 Å². The molecule has 28 heavy (non-hydrogen) atoms. The zero-order valence-electron chi connectivity index (χ0n) is 14.6. The number of carbonyl (C=O) groups excluding carboxylic acids is 2. The van der Waals surface area contributed by atoms with Gasteiger partial charge in [0.15, 0.2) is 5.13 Å². The Kier molecular flexibility index (Phi) is 4.87. The van der Waals surface area contributed by atoms with Crippen LogP contribution in [0.1, 0.15) is 6.42 Å². The summed E-state index contributed by atoms with van der Waals surface area (Å²) in [7, 11) is 0. The van der Waals surface area contributed by atoms with Crippen LogP contribution in [0.15, 0.2) is 53.9 Å². The summed E-state index contributed by atoms with van der Waals surface area (Å²) >= 11 is 1.24. The van der Waals surface area contributed by atoms with Crippen LogP contribution in [0.5, 0.6) is 0 Å². The van der Waals surface area contributed by atoms with Crippen molar-refractivity contribution in [2.24, 2.45) is 5.92 Å². The molecule has 1 unspecified atom stereocenters. The molecule has 3 aromatic rings. The summed E-state index contributed by atoms with van der Waals surface area (Å²) in [5.74, 6) is -2.06. The van der Waals surface area contributed by atoms with Gasteiger partial charge in [-0.15, -0.1) is 11.3 Å². The van der Waals surface area contributed by atoms with Crippen LogP contribution < -0.4 is 10.2 Å². The Labute approximate surface area is 163 Å². The van der Waals surface area contributed by atoms with Crippen LogP contribution in [0.25, 0.3) is 11.3 Å². The van der Waals surface area contributed by atoms with Gasteiger partial charge in [-0.05, 0) is 36.4 Å². The Morgan fingerprint density at radius 2 is 1.89 bits per heavy atom. The minimum Gasteiger partial charge on any atom is -0.309 e. The largest absolute Gasteiger partial charge is 0.309 e. The first-order valence-corrected chi connectivity index (χ1v) is 9.46. The number of thiazole rings is 1. The summed E-state index contributed by atoms with van der Waals surface area (Å²) in [4.78, 5) is 30.4. The van der Waals surface area contributed by atoms with Gasteiger partial charge in [-0.25, -0.2) is 13.8 Å². The van der Waals surface area contributed by atoms with E-state index < -0.39 is 11.7 Å². The topological polar surface area (TPSA) is 62.3 Å². The van der Waals surface area contributed by atoms with Crippen LogP contribution in [-0.4, -0.2) is 23.3 Å².